The van der Waals surface area contributed by atoms with Gasteiger partial charge in [-0.25, -0.2) is 0 Å². The highest BCUT2D eigenvalue weighted by Gasteiger charge is 2.05. The Morgan fingerprint density at radius 2 is 1.94 bits per heavy atom. The summed E-state index contributed by atoms with van der Waals surface area (Å²) >= 11 is 0. The van der Waals surface area contributed by atoms with Crippen LogP contribution in [0, 0.1) is 5.92 Å². The maximum Gasteiger partial charge on any atom is 0.0641 e. The predicted octanol–water partition coefficient (Wildman–Crippen LogP) is 4.48. The van der Waals surface area contributed by atoms with Gasteiger partial charge in [0.25, 0.3) is 0 Å². The van der Waals surface area contributed by atoms with Crippen molar-refractivity contribution in [2.75, 3.05) is 6.61 Å². The van der Waals surface area contributed by atoms with Crippen LogP contribution in [0.2, 0.25) is 0 Å². The number of rotatable bonds is 10. The van der Waals surface area contributed by atoms with E-state index in [-0.39, 0.29) is 6.61 Å². The van der Waals surface area contributed by atoms with Crippen molar-refractivity contribution in [2.45, 2.75) is 58.8 Å². The van der Waals surface area contributed by atoms with Gasteiger partial charge in [-0.15, -0.1) is 6.58 Å². The smallest absolute Gasteiger partial charge is 0.0641 e. The van der Waals surface area contributed by atoms with Gasteiger partial charge >= 0.3 is 0 Å². The van der Waals surface area contributed by atoms with Gasteiger partial charge in [-0.2, -0.15) is 0 Å². The fourth-order valence-corrected chi connectivity index (χ4v) is 1.90. The van der Waals surface area contributed by atoms with E-state index in [0.29, 0.717) is 5.92 Å². The lowest BCUT2D eigenvalue weighted by atomic mass is 9.94. The van der Waals surface area contributed by atoms with Gasteiger partial charge in [0, 0.05) is 0 Å². The molecule has 0 rings (SSSR count). The van der Waals surface area contributed by atoms with Crippen LogP contribution in [-0.2, 0) is 0 Å². The molecule has 0 radical (unpaired) electrons. The van der Waals surface area contributed by atoms with Gasteiger partial charge in [0.1, 0.15) is 0 Å². The summed E-state index contributed by atoms with van der Waals surface area (Å²) in [5.41, 5.74) is 1.21. The third-order valence-electron chi connectivity index (χ3n) is 2.92. The van der Waals surface area contributed by atoms with Crippen LogP contribution in [-0.4, -0.2) is 11.7 Å². The fraction of sp³-hybridized carbons (Fsp3) is 0.733. The fourth-order valence-electron chi connectivity index (χ4n) is 1.90. The molecule has 0 aliphatic heterocycles. The summed E-state index contributed by atoms with van der Waals surface area (Å²) in [5.74, 6) is 0.580. The molecular formula is C15H28O. The number of aliphatic hydroxyl groups is 1. The molecule has 0 amide bonds. The summed E-state index contributed by atoms with van der Waals surface area (Å²) in [5, 5.41) is 9.30. The third kappa shape index (κ3) is 7.70. The second-order valence-corrected chi connectivity index (χ2v) is 4.51. The Labute approximate surface area is 101 Å². The first-order chi connectivity index (χ1) is 7.78. The van der Waals surface area contributed by atoms with Crippen molar-refractivity contribution in [3.05, 3.63) is 24.3 Å². The van der Waals surface area contributed by atoms with Gasteiger partial charge in [-0.1, -0.05) is 45.3 Å². The highest BCUT2D eigenvalue weighted by atomic mass is 16.3. The van der Waals surface area contributed by atoms with Crippen LogP contribution in [0.5, 0.6) is 0 Å². The van der Waals surface area contributed by atoms with Gasteiger partial charge in [-0.05, 0) is 37.2 Å². The van der Waals surface area contributed by atoms with E-state index in [9.17, 15) is 5.11 Å². The molecular weight excluding hydrogens is 196 g/mol. The third-order valence-corrected chi connectivity index (χ3v) is 2.92. The molecule has 0 fully saturated rings. The Balaban J connectivity index is 4.25. The van der Waals surface area contributed by atoms with Gasteiger partial charge in [-0.3, -0.25) is 0 Å². The molecule has 0 aromatic heterocycles. The quantitative estimate of drug-likeness (QED) is 0.542. The van der Waals surface area contributed by atoms with Crippen molar-refractivity contribution < 1.29 is 5.11 Å². The minimum absolute atomic E-state index is 0.222. The number of hydrogen-bond acceptors (Lipinski definition) is 1. The lowest BCUT2D eigenvalue weighted by Gasteiger charge is -2.12. The summed E-state index contributed by atoms with van der Waals surface area (Å²) in [6.07, 6.45) is 12.5. The van der Waals surface area contributed by atoms with Crippen LogP contribution >= 0.6 is 0 Å². The highest BCUT2D eigenvalue weighted by molar-refractivity contribution is 5.05. The van der Waals surface area contributed by atoms with Crippen molar-refractivity contribution >= 4 is 0 Å². The van der Waals surface area contributed by atoms with Crippen LogP contribution in [0.3, 0.4) is 0 Å². The SMILES string of the molecule is C=CCC(/C=C(/CO)CCCC)CCCC. The average molecular weight is 224 g/mol. The van der Waals surface area contributed by atoms with Crippen molar-refractivity contribution in [1.29, 1.82) is 0 Å². The molecule has 0 aliphatic carbocycles. The molecule has 16 heavy (non-hydrogen) atoms. The van der Waals surface area contributed by atoms with Gasteiger partial charge < -0.3 is 5.11 Å². The second kappa shape index (κ2) is 10.9. The molecule has 0 bridgehead atoms. The molecule has 0 aromatic rings. The first kappa shape index (κ1) is 15.4. The van der Waals surface area contributed by atoms with Crippen molar-refractivity contribution in [3.63, 3.8) is 0 Å². The zero-order valence-electron chi connectivity index (χ0n) is 11.0. The monoisotopic (exact) mass is 224 g/mol. The highest BCUT2D eigenvalue weighted by Crippen LogP contribution is 2.19. The van der Waals surface area contributed by atoms with E-state index in [1.165, 1.54) is 37.7 Å². The molecule has 0 spiro atoms. The van der Waals surface area contributed by atoms with E-state index in [1.807, 2.05) is 6.08 Å². The Bertz CT molecular complexity index is 194. The standard InChI is InChI=1S/C15H28O/c1-4-7-10-14(9-6-3)12-15(13-16)11-8-5-2/h6,12,14,16H,3-5,7-11,13H2,1-2H3/b15-12+. The van der Waals surface area contributed by atoms with Crippen LogP contribution in [0.4, 0.5) is 0 Å². The average Bonchev–Trinajstić information content (AvgIpc) is 2.31. The first-order valence-corrected chi connectivity index (χ1v) is 6.69. The van der Waals surface area contributed by atoms with E-state index >= 15 is 0 Å². The molecule has 1 N–H and O–H groups in total. The van der Waals surface area contributed by atoms with Crippen LogP contribution < -0.4 is 0 Å². The lowest BCUT2D eigenvalue weighted by Crippen LogP contribution is -2.00. The van der Waals surface area contributed by atoms with Gasteiger partial charge in [0.2, 0.25) is 0 Å². The molecule has 0 heterocycles. The van der Waals surface area contributed by atoms with Gasteiger partial charge in [0.15, 0.2) is 0 Å². The normalized spacial score (nSPS) is 13.8. The van der Waals surface area contributed by atoms with Crippen molar-refractivity contribution in [2.24, 2.45) is 5.92 Å². The maximum absolute atomic E-state index is 9.30. The number of hydrogen-bond donors (Lipinski definition) is 1. The summed E-state index contributed by atoms with van der Waals surface area (Å²) in [4.78, 5) is 0. The van der Waals surface area contributed by atoms with Crippen LogP contribution in [0.15, 0.2) is 24.3 Å². The van der Waals surface area contributed by atoms with Crippen LogP contribution in [0.25, 0.3) is 0 Å². The predicted molar refractivity (Wildman–Crippen MR) is 72.5 cm³/mol. The molecule has 1 nitrogen and oxygen atoms in total. The second-order valence-electron chi connectivity index (χ2n) is 4.51. The Hall–Kier alpha value is -0.560. The van der Waals surface area contributed by atoms with Gasteiger partial charge in [0.05, 0.1) is 6.61 Å². The summed E-state index contributed by atoms with van der Waals surface area (Å²) in [7, 11) is 0. The summed E-state index contributed by atoms with van der Waals surface area (Å²) < 4.78 is 0. The number of allylic oxidation sites excluding steroid dienone is 2. The molecule has 0 saturated carbocycles. The summed E-state index contributed by atoms with van der Waals surface area (Å²) in [6, 6.07) is 0. The largest absolute Gasteiger partial charge is 0.392 e. The minimum Gasteiger partial charge on any atom is -0.392 e. The van der Waals surface area contributed by atoms with E-state index in [4.69, 9.17) is 0 Å². The van der Waals surface area contributed by atoms with Crippen LogP contribution in [0.1, 0.15) is 58.8 Å². The van der Waals surface area contributed by atoms with E-state index < -0.39 is 0 Å². The van der Waals surface area contributed by atoms with E-state index in [1.54, 1.807) is 0 Å². The number of unbranched alkanes of at least 4 members (excludes halogenated alkanes) is 2. The Morgan fingerprint density at radius 1 is 1.25 bits per heavy atom. The first-order valence-electron chi connectivity index (χ1n) is 6.69. The molecule has 1 unspecified atom stereocenters. The minimum atomic E-state index is 0.222. The number of aliphatic hydroxyl groups excluding tert-OH is 1. The zero-order chi connectivity index (χ0) is 12.2. The lowest BCUT2D eigenvalue weighted by molar-refractivity contribution is 0.323. The zero-order valence-corrected chi connectivity index (χ0v) is 11.0. The topological polar surface area (TPSA) is 20.2 Å². The van der Waals surface area contributed by atoms with Crippen molar-refractivity contribution in [1.82, 2.24) is 0 Å². The molecule has 1 heteroatoms. The summed E-state index contributed by atoms with van der Waals surface area (Å²) in [6.45, 7) is 8.44. The van der Waals surface area contributed by atoms with E-state index in [2.05, 4.69) is 26.5 Å². The molecule has 0 aromatic carbocycles. The Kier molecular flexibility index (Phi) is 10.6. The van der Waals surface area contributed by atoms with E-state index in [0.717, 1.165) is 12.8 Å². The molecule has 0 saturated heterocycles. The van der Waals surface area contributed by atoms with Crippen molar-refractivity contribution in [3.8, 4) is 0 Å². The molecule has 94 valence electrons. The molecule has 1 atom stereocenters. The maximum atomic E-state index is 9.30. The Morgan fingerprint density at radius 3 is 2.44 bits per heavy atom. The molecule has 0 aliphatic rings.